The number of rotatable bonds is 18. The van der Waals surface area contributed by atoms with Crippen LogP contribution in [0.5, 0.6) is 0 Å². The number of nitrogens with one attached hydrogen (secondary N) is 2. The fourth-order valence-electron chi connectivity index (χ4n) is 9.65. The SMILES string of the molecule is O=C(NCCCC(=O)C1CCC(C(=O)c2ccccc2)CC1)c1cn(-c2ccccc2)nc1C(F)(F)F.O=C(NCCCC(=O)C1CCC([C@H](O)c2ccccc2)CC1)c1cn(-c2ccccc2)nc1C(F)(F)F. The molecule has 2 fully saturated rings. The number of hydrogen-bond donors (Lipinski definition) is 3. The monoisotopic (exact) mass is 1020 g/mol. The summed E-state index contributed by atoms with van der Waals surface area (Å²) in [6, 6.07) is 35.1. The standard InChI is InChI=1S/C28H30F3N3O3.C28H28F3N3O3/c2*29-28(30,31)26-23(18-34(33-26)22-10-5-2-6-11-22)27(37)32-17-7-12-24(35)19-13-15-21(16-14-19)25(36)20-8-3-1-4-9-20/h1-6,8-11,18-19,21,25,36H,7,12-17H2,(H,32,37);1-6,8-11,18-19,21H,7,12-17H2,(H,32,37)/t19?,21?,25-;/m1./s1. The molecule has 8 rings (SSSR count). The molecule has 390 valence electrons. The Morgan fingerprint density at radius 2 is 0.892 bits per heavy atom. The van der Waals surface area contributed by atoms with Crippen LogP contribution in [0, 0.1) is 23.7 Å². The van der Waals surface area contributed by atoms with Crippen molar-refractivity contribution < 1.29 is 55.4 Å². The van der Waals surface area contributed by atoms with Crippen molar-refractivity contribution in [1.82, 2.24) is 30.2 Å². The van der Waals surface area contributed by atoms with E-state index in [2.05, 4.69) is 20.8 Å². The molecule has 6 aromatic rings. The molecule has 74 heavy (non-hydrogen) atoms. The number of amides is 2. The van der Waals surface area contributed by atoms with E-state index in [0.717, 1.165) is 40.2 Å². The number of aromatic nitrogens is 4. The van der Waals surface area contributed by atoms with E-state index in [4.69, 9.17) is 0 Å². The largest absolute Gasteiger partial charge is 0.435 e. The van der Waals surface area contributed by atoms with Crippen molar-refractivity contribution in [3.63, 3.8) is 0 Å². The van der Waals surface area contributed by atoms with Gasteiger partial charge in [0, 0.05) is 61.6 Å². The quantitative estimate of drug-likeness (QED) is 0.0435. The van der Waals surface area contributed by atoms with E-state index in [9.17, 15) is 55.4 Å². The second-order valence-corrected chi connectivity index (χ2v) is 18.7. The molecule has 0 bridgehead atoms. The third kappa shape index (κ3) is 14.5. The van der Waals surface area contributed by atoms with Crippen LogP contribution in [0.4, 0.5) is 26.3 Å². The summed E-state index contributed by atoms with van der Waals surface area (Å²) >= 11 is 0. The smallest absolute Gasteiger partial charge is 0.388 e. The van der Waals surface area contributed by atoms with Crippen LogP contribution in [0.15, 0.2) is 134 Å². The molecule has 12 nitrogen and oxygen atoms in total. The van der Waals surface area contributed by atoms with E-state index in [1.807, 2.05) is 48.5 Å². The Labute approximate surface area is 424 Å². The third-order valence-electron chi connectivity index (χ3n) is 13.7. The normalized spacial score (nSPS) is 18.3. The Hall–Kier alpha value is -7.21. The number of hydrogen-bond acceptors (Lipinski definition) is 8. The average molecular weight is 1030 g/mol. The van der Waals surface area contributed by atoms with Crippen LogP contribution in [-0.2, 0) is 21.9 Å². The molecule has 0 saturated heterocycles. The third-order valence-corrected chi connectivity index (χ3v) is 13.7. The summed E-state index contributed by atoms with van der Waals surface area (Å²) in [5.74, 6) is -1.67. The number of aliphatic hydroxyl groups excluding tert-OH is 1. The van der Waals surface area contributed by atoms with E-state index in [1.54, 1.807) is 72.8 Å². The molecular formula is C56H58F6N6O6. The fraction of sp³-hybridized carbons (Fsp3) is 0.375. The highest BCUT2D eigenvalue weighted by Gasteiger charge is 2.41. The molecule has 3 N–H and O–H groups in total. The number of aliphatic hydroxyl groups is 1. The summed E-state index contributed by atoms with van der Waals surface area (Å²) in [7, 11) is 0. The first-order chi connectivity index (χ1) is 35.5. The molecule has 0 spiro atoms. The van der Waals surface area contributed by atoms with Gasteiger partial charge in [-0.2, -0.15) is 36.5 Å². The van der Waals surface area contributed by atoms with Crippen molar-refractivity contribution in [1.29, 1.82) is 0 Å². The lowest BCUT2D eigenvalue weighted by molar-refractivity contribution is -0.142. The number of halogens is 6. The number of ketones is 3. The Morgan fingerprint density at radius 1 is 0.527 bits per heavy atom. The molecule has 2 saturated carbocycles. The summed E-state index contributed by atoms with van der Waals surface area (Å²) in [5, 5.41) is 22.8. The topological polar surface area (TPSA) is 165 Å². The van der Waals surface area contributed by atoms with Gasteiger partial charge in [-0.15, -0.1) is 0 Å². The average Bonchev–Trinajstić information content (AvgIpc) is 4.10. The Bertz CT molecular complexity index is 2800. The zero-order valence-corrected chi connectivity index (χ0v) is 40.5. The highest BCUT2D eigenvalue weighted by atomic mass is 19.4. The molecule has 2 aromatic heterocycles. The maximum absolute atomic E-state index is 13.5. The lowest BCUT2D eigenvalue weighted by Gasteiger charge is -2.31. The summed E-state index contributed by atoms with van der Waals surface area (Å²) < 4.78 is 83.0. The van der Waals surface area contributed by atoms with Gasteiger partial charge in [-0.3, -0.25) is 24.0 Å². The second kappa shape index (κ2) is 25.1. The molecule has 0 radical (unpaired) electrons. The minimum Gasteiger partial charge on any atom is -0.388 e. The van der Waals surface area contributed by atoms with Gasteiger partial charge in [0.1, 0.15) is 11.6 Å². The van der Waals surface area contributed by atoms with Gasteiger partial charge in [0.15, 0.2) is 17.2 Å². The van der Waals surface area contributed by atoms with Gasteiger partial charge in [-0.1, -0.05) is 97.1 Å². The van der Waals surface area contributed by atoms with Crippen molar-refractivity contribution in [3.05, 3.63) is 167 Å². The summed E-state index contributed by atoms with van der Waals surface area (Å²) in [5.41, 5.74) is -1.25. The van der Waals surface area contributed by atoms with Gasteiger partial charge in [0.25, 0.3) is 11.8 Å². The molecular weight excluding hydrogens is 967 g/mol. The number of alkyl halides is 6. The minimum absolute atomic E-state index is 0.0627. The Balaban J connectivity index is 0.000000216. The molecule has 1 atom stereocenters. The fourth-order valence-corrected chi connectivity index (χ4v) is 9.65. The Morgan fingerprint density at radius 3 is 1.30 bits per heavy atom. The highest BCUT2D eigenvalue weighted by molar-refractivity contribution is 5.98. The van der Waals surface area contributed by atoms with Gasteiger partial charge in [-0.05, 0) is 100.0 Å². The van der Waals surface area contributed by atoms with Crippen LogP contribution in [0.1, 0.15) is 131 Å². The molecule has 0 unspecified atom stereocenters. The number of para-hydroxylation sites is 2. The summed E-state index contributed by atoms with van der Waals surface area (Å²) in [6.45, 7) is 0.153. The van der Waals surface area contributed by atoms with Gasteiger partial charge < -0.3 is 15.7 Å². The number of Topliss-reactive ketones (excluding diaryl/α,β-unsaturated/α-hetero) is 3. The molecule has 0 aliphatic heterocycles. The van der Waals surface area contributed by atoms with E-state index < -0.39 is 52.8 Å². The zero-order valence-electron chi connectivity index (χ0n) is 40.5. The van der Waals surface area contributed by atoms with Gasteiger partial charge in [-0.25, -0.2) is 9.36 Å². The van der Waals surface area contributed by atoms with E-state index in [0.29, 0.717) is 68.3 Å². The molecule has 2 aliphatic carbocycles. The first-order valence-corrected chi connectivity index (χ1v) is 24.9. The first kappa shape index (κ1) is 54.6. The lowest BCUT2D eigenvalue weighted by Crippen LogP contribution is -2.28. The van der Waals surface area contributed by atoms with Gasteiger partial charge >= 0.3 is 12.4 Å². The van der Waals surface area contributed by atoms with E-state index in [-0.39, 0.29) is 67.0 Å². The second-order valence-electron chi connectivity index (χ2n) is 18.7. The minimum atomic E-state index is -4.79. The molecule has 2 amide bonds. The van der Waals surface area contributed by atoms with Crippen LogP contribution in [0.2, 0.25) is 0 Å². The van der Waals surface area contributed by atoms with Crippen molar-refractivity contribution in [2.45, 2.75) is 95.5 Å². The molecule has 4 aromatic carbocycles. The number of benzene rings is 4. The number of nitrogens with zero attached hydrogens (tertiary/aromatic N) is 4. The first-order valence-electron chi connectivity index (χ1n) is 24.9. The zero-order chi connectivity index (χ0) is 52.8. The Kier molecular flexibility index (Phi) is 18.5. The maximum atomic E-state index is 13.5. The molecule has 2 heterocycles. The van der Waals surface area contributed by atoms with Gasteiger partial charge in [0.05, 0.1) is 28.6 Å². The van der Waals surface area contributed by atoms with Crippen LogP contribution in [0.3, 0.4) is 0 Å². The highest BCUT2D eigenvalue weighted by Crippen LogP contribution is 2.38. The van der Waals surface area contributed by atoms with Crippen molar-refractivity contribution in [2.24, 2.45) is 23.7 Å². The van der Waals surface area contributed by atoms with Gasteiger partial charge in [0.2, 0.25) is 0 Å². The van der Waals surface area contributed by atoms with Crippen molar-refractivity contribution >= 4 is 29.2 Å². The van der Waals surface area contributed by atoms with E-state index >= 15 is 0 Å². The van der Waals surface area contributed by atoms with Crippen LogP contribution >= 0.6 is 0 Å². The number of carbonyl (C=O) groups is 5. The molecule has 2 aliphatic rings. The summed E-state index contributed by atoms with van der Waals surface area (Å²) in [4.78, 5) is 63.0. The van der Waals surface area contributed by atoms with Crippen LogP contribution in [0.25, 0.3) is 11.4 Å². The van der Waals surface area contributed by atoms with Crippen LogP contribution in [-0.4, -0.2) is 66.9 Å². The predicted octanol–water partition coefficient (Wildman–Crippen LogP) is 11.2. The van der Waals surface area contributed by atoms with Crippen molar-refractivity contribution in [2.75, 3.05) is 13.1 Å². The molecule has 18 heteroatoms. The lowest BCUT2D eigenvalue weighted by atomic mass is 9.76. The van der Waals surface area contributed by atoms with Crippen LogP contribution < -0.4 is 10.6 Å². The van der Waals surface area contributed by atoms with Crippen molar-refractivity contribution in [3.8, 4) is 11.4 Å². The maximum Gasteiger partial charge on any atom is 0.435 e. The van der Waals surface area contributed by atoms with E-state index in [1.165, 1.54) is 0 Å². The predicted molar refractivity (Wildman–Crippen MR) is 263 cm³/mol. The summed E-state index contributed by atoms with van der Waals surface area (Å²) in [6.07, 6.45) is -1.33. The number of carbonyl (C=O) groups excluding carboxylic acids is 5.